The monoisotopic (exact) mass is 198 g/mol. The van der Waals surface area contributed by atoms with E-state index in [1.54, 1.807) is 17.0 Å². The molecule has 0 aromatic carbocycles. The van der Waals surface area contributed by atoms with Gasteiger partial charge in [-0.1, -0.05) is 6.92 Å². The van der Waals surface area contributed by atoms with E-state index in [0.29, 0.717) is 0 Å². The van der Waals surface area contributed by atoms with Crippen molar-refractivity contribution < 1.29 is 15.0 Å². The number of aliphatic carboxylic acids is 1. The van der Waals surface area contributed by atoms with Crippen molar-refractivity contribution in [1.82, 2.24) is 9.55 Å². The van der Waals surface area contributed by atoms with E-state index in [9.17, 15) is 9.90 Å². The Bertz CT molecular complexity index is 309. The molecule has 1 unspecified atom stereocenters. The standard InChI is InChI=1S/C9H14N2O3/c1-2-8-10-3-4-11(8)6-7(12)5-9(13)14/h3-4,7,12H,2,5-6H2,1H3,(H,13,14). The summed E-state index contributed by atoms with van der Waals surface area (Å²) in [7, 11) is 0. The molecule has 0 aliphatic carbocycles. The first-order chi connectivity index (χ1) is 6.63. The van der Waals surface area contributed by atoms with Crippen LogP contribution in [0, 0.1) is 0 Å². The summed E-state index contributed by atoms with van der Waals surface area (Å²) in [6, 6.07) is 0. The van der Waals surface area contributed by atoms with Crippen molar-refractivity contribution in [3.8, 4) is 0 Å². The minimum atomic E-state index is -0.990. The second-order valence-corrected chi connectivity index (χ2v) is 3.10. The van der Waals surface area contributed by atoms with Crippen LogP contribution in [0.1, 0.15) is 19.2 Å². The maximum atomic E-state index is 10.3. The fourth-order valence-electron chi connectivity index (χ4n) is 1.31. The number of carboxylic acids is 1. The van der Waals surface area contributed by atoms with Crippen molar-refractivity contribution in [2.45, 2.75) is 32.4 Å². The lowest BCUT2D eigenvalue weighted by Gasteiger charge is -2.10. The van der Waals surface area contributed by atoms with Crippen LogP contribution in [0.3, 0.4) is 0 Å². The summed E-state index contributed by atoms with van der Waals surface area (Å²) in [6.07, 6.45) is 3.07. The van der Waals surface area contributed by atoms with Crippen LogP contribution in [-0.2, 0) is 17.8 Å². The van der Waals surface area contributed by atoms with Gasteiger partial charge >= 0.3 is 5.97 Å². The van der Waals surface area contributed by atoms with E-state index in [-0.39, 0.29) is 13.0 Å². The zero-order chi connectivity index (χ0) is 10.6. The first kappa shape index (κ1) is 10.7. The summed E-state index contributed by atoms with van der Waals surface area (Å²) in [5.41, 5.74) is 0. The highest BCUT2D eigenvalue weighted by molar-refractivity contribution is 5.67. The fraction of sp³-hybridized carbons (Fsp3) is 0.556. The van der Waals surface area contributed by atoms with Gasteiger partial charge in [0.2, 0.25) is 0 Å². The van der Waals surface area contributed by atoms with Gasteiger partial charge in [-0.05, 0) is 0 Å². The lowest BCUT2D eigenvalue weighted by molar-refractivity contribution is -0.139. The molecule has 0 amide bonds. The second-order valence-electron chi connectivity index (χ2n) is 3.10. The van der Waals surface area contributed by atoms with Crippen molar-refractivity contribution in [3.05, 3.63) is 18.2 Å². The van der Waals surface area contributed by atoms with E-state index >= 15 is 0 Å². The molecule has 78 valence electrons. The molecule has 1 aromatic rings. The number of nitrogens with zero attached hydrogens (tertiary/aromatic N) is 2. The maximum Gasteiger partial charge on any atom is 0.306 e. The average molecular weight is 198 g/mol. The minimum Gasteiger partial charge on any atom is -0.481 e. The minimum absolute atomic E-state index is 0.235. The summed E-state index contributed by atoms with van der Waals surface area (Å²) in [5, 5.41) is 17.8. The van der Waals surface area contributed by atoms with Crippen molar-refractivity contribution >= 4 is 5.97 Å². The molecule has 0 saturated heterocycles. The summed E-state index contributed by atoms with van der Waals surface area (Å²) in [5.74, 6) is -0.134. The van der Waals surface area contributed by atoms with Gasteiger partial charge in [-0.3, -0.25) is 4.79 Å². The van der Waals surface area contributed by atoms with Gasteiger partial charge < -0.3 is 14.8 Å². The van der Waals surface area contributed by atoms with Gasteiger partial charge in [0.1, 0.15) is 5.82 Å². The summed E-state index contributed by atoms with van der Waals surface area (Å²) in [6.45, 7) is 2.25. The van der Waals surface area contributed by atoms with E-state index in [4.69, 9.17) is 5.11 Å². The first-order valence-corrected chi connectivity index (χ1v) is 4.53. The van der Waals surface area contributed by atoms with Gasteiger partial charge in [-0.15, -0.1) is 0 Å². The zero-order valence-corrected chi connectivity index (χ0v) is 8.05. The van der Waals surface area contributed by atoms with Crippen LogP contribution in [-0.4, -0.2) is 31.8 Å². The van der Waals surface area contributed by atoms with Crippen LogP contribution in [0.4, 0.5) is 0 Å². The third-order valence-corrected chi connectivity index (χ3v) is 1.94. The molecular formula is C9H14N2O3. The highest BCUT2D eigenvalue weighted by Crippen LogP contribution is 2.02. The van der Waals surface area contributed by atoms with Crippen LogP contribution in [0.2, 0.25) is 0 Å². The van der Waals surface area contributed by atoms with Crippen LogP contribution >= 0.6 is 0 Å². The lowest BCUT2D eigenvalue weighted by atomic mass is 10.2. The molecular weight excluding hydrogens is 184 g/mol. The number of aromatic nitrogens is 2. The molecule has 1 atom stereocenters. The molecule has 0 aliphatic rings. The molecule has 1 rings (SSSR count). The Kier molecular flexibility index (Phi) is 3.64. The number of hydrogen-bond acceptors (Lipinski definition) is 3. The molecule has 1 aromatic heterocycles. The molecule has 0 saturated carbocycles. The van der Waals surface area contributed by atoms with Gasteiger partial charge in [-0.25, -0.2) is 4.98 Å². The number of aryl methyl sites for hydroxylation is 1. The highest BCUT2D eigenvalue weighted by atomic mass is 16.4. The number of carbonyl (C=O) groups is 1. The molecule has 0 bridgehead atoms. The Morgan fingerprint density at radius 3 is 3.00 bits per heavy atom. The Morgan fingerprint density at radius 1 is 1.71 bits per heavy atom. The summed E-state index contributed by atoms with van der Waals surface area (Å²) >= 11 is 0. The number of carboxylic acid groups (broad SMARTS) is 1. The van der Waals surface area contributed by atoms with Crippen molar-refractivity contribution in [3.63, 3.8) is 0 Å². The molecule has 0 fully saturated rings. The van der Waals surface area contributed by atoms with Gasteiger partial charge in [0.15, 0.2) is 0 Å². The maximum absolute atomic E-state index is 10.3. The SMILES string of the molecule is CCc1nccn1CC(O)CC(=O)O. The molecule has 2 N–H and O–H groups in total. The van der Waals surface area contributed by atoms with E-state index in [1.807, 2.05) is 6.92 Å². The largest absolute Gasteiger partial charge is 0.481 e. The van der Waals surface area contributed by atoms with Crippen LogP contribution in [0.15, 0.2) is 12.4 Å². The smallest absolute Gasteiger partial charge is 0.306 e. The van der Waals surface area contributed by atoms with E-state index < -0.39 is 12.1 Å². The van der Waals surface area contributed by atoms with Crippen molar-refractivity contribution in [2.24, 2.45) is 0 Å². The molecule has 5 nitrogen and oxygen atoms in total. The molecule has 14 heavy (non-hydrogen) atoms. The Morgan fingerprint density at radius 2 is 2.43 bits per heavy atom. The molecule has 5 heteroatoms. The highest BCUT2D eigenvalue weighted by Gasteiger charge is 2.11. The van der Waals surface area contributed by atoms with E-state index in [2.05, 4.69) is 4.98 Å². The molecule has 0 aliphatic heterocycles. The third-order valence-electron chi connectivity index (χ3n) is 1.94. The van der Waals surface area contributed by atoms with Gasteiger partial charge in [0, 0.05) is 18.8 Å². The predicted octanol–water partition coefficient (Wildman–Crippen LogP) is 0.281. The zero-order valence-electron chi connectivity index (χ0n) is 8.05. The molecule has 0 radical (unpaired) electrons. The van der Waals surface area contributed by atoms with Crippen LogP contribution < -0.4 is 0 Å². The average Bonchev–Trinajstić information content (AvgIpc) is 2.50. The van der Waals surface area contributed by atoms with Gasteiger partial charge in [0.25, 0.3) is 0 Å². The third kappa shape index (κ3) is 2.85. The summed E-state index contributed by atoms with van der Waals surface area (Å²) in [4.78, 5) is 14.4. The number of aliphatic hydroxyl groups excluding tert-OH is 1. The Labute approximate surface area is 82.0 Å². The Balaban J connectivity index is 2.55. The van der Waals surface area contributed by atoms with Crippen LogP contribution in [0.5, 0.6) is 0 Å². The topological polar surface area (TPSA) is 75.3 Å². The van der Waals surface area contributed by atoms with E-state index in [0.717, 1.165) is 12.2 Å². The van der Waals surface area contributed by atoms with Gasteiger partial charge in [0.05, 0.1) is 19.1 Å². The van der Waals surface area contributed by atoms with E-state index in [1.165, 1.54) is 0 Å². The number of imidazole rings is 1. The van der Waals surface area contributed by atoms with Crippen molar-refractivity contribution in [1.29, 1.82) is 0 Å². The van der Waals surface area contributed by atoms with Crippen molar-refractivity contribution in [2.75, 3.05) is 0 Å². The number of hydrogen-bond donors (Lipinski definition) is 2. The second kappa shape index (κ2) is 4.76. The molecule has 1 heterocycles. The number of rotatable bonds is 5. The molecule has 0 spiro atoms. The number of aliphatic hydroxyl groups is 1. The lowest BCUT2D eigenvalue weighted by Crippen LogP contribution is -2.20. The van der Waals surface area contributed by atoms with Gasteiger partial charge in [-0.2, -0.15) is 0 Å². The Hall–Kier alpha value is -1.36. The fourth-order valence-corrected chi connectivity index (χ4v) is 1.31. The normalized spacial score (nSPS) is 12.7. The first-order valence-electron chi connectivity index (χ1n) is 4.53. The predicted molar refractivity (Wildman–Crippen MR) is 49.9 cm³/mol. The van der Waals surface area contributed by atoms with Crippen LogP contribution in [0.25, 0.3) is 0 Å². The summed E-state index contributed by atoms with van der Waals surface area (Å²) < 4.78 is 1.77. The quantitative estimate of drug-likeness (QED) is 0.712.